The molecule has 3 rings (SSSR count). The smallest absolute Gasteiger partial charge is 0.345 e. The number of aromatic nitrogens is 1. The Bertz CT molecular complexity index is 1050. The summed E-state index contributed by atoms with van der Waals surface area (Å²) in [5, 5.41) is 20.8. The lowest BCUT2D eigenvalue weighted by atomic mass is 10.0. The summed E-state index contributed by atoms with van der Waals surface area (Å²) in [7, 11) is 0. The molecule has 0 aliphatic carbocycles. The molecule has 0 aliphatic rings. The highest BCUT2D eigenvalue weighted by atomic mass is 35.5. The molecule has 27 heavy (non-hydrogen) atoms. The minimum atomic E-state index is -4.85. The molecule has 3 aromatic rings. The van der Waals surface area contributed by atoms with Crippen LogP contribution in [0.25, 0.3) is 22.4 Å². The van der Waals surface area contributed by atoms with Crippen LogP contribution in [-0.2, 0) is 6.18 Å². The second-order valence-corrected chi connectivity index (χ2v) is 5.99. The minimum Gasteiger partial charge on any atom is -0.345 e. The summed E-state index contributed by atoms with van der Waals surface area (Å²) in [6.07, 6.45) is -4.85. The molecule has 1 aromatic heterocycles. The van der Waals surface area contributed by atoms with Crippen LogP contribution in [0.15, 0.2) is 48.5 Å². The molecule has 2 aromatic carbocycles. The van der Waals surface area contributed by atoms with Crippen LogP contribution in [0.2, 0.25) is 5.02 Å². The highest BCUT2D eigenvalue weighted by molar-refractivity contribution is 6.30. The van der Waals surface area contributed by atoms with E-state index in [-0.39, 0.29) is 22.4 Å². The molecular weight excluding hydrogens is 383 g/mol. The maximum absolute atomic E-state index is 13.6. The second kappa shape index (κ2) is 6.78. The van der Waals surface area contributed by atoms with Gasteiger partial charge in [0.15, 0.2) is 0 Å². The fourth-order valence-electron chi connectivity index (χ4n) is 2.70. The first kappa shape index (κ1) is 18.5. The molecule has 0 atom stereocenters. The zero-order valence-corrected chi connectivity index (χ0v) is 14.1. The standard InChI is InChI=1S/C18H9ClF3N3O2/c19-13-7-5-12(6-8-13)15-16(25(26)27)14(17(24-15)18(20,21)22)11-3-1-10(9-23)2-4-11/h1-8,24H. The number of alkyl halides is 3. The van der Waals surface area contributed by atoms with Crippen LogP contribution in [0.5, 0.6) is 0 Å². The molecular formula is C18H9ClF3N3O2. The van der Waals surface area contributed by atoms with Crippen molar-refractivity contribution in [3.05, 3.63) is 74.9 Å². The number of nitriles is 1. The van der Waals surface area contributed by atoms with E-state index in [9.17, 15) is 23.3 Å². The van der Waals surface area contributed by atoms with Crippen molar-refractivity contribution < 1.29 is 18.1 Å². The van der Waals surface area contributed by atoms with E-state index in [2.05, 4.69) is 4.98 Å². The molecule has 136 valence electrons. The average Bonchev–Trinajstić information content (AvgIpc) is 3.03. The van der Waals surface area contributed by atoms with E-state index >= 15 is 0 Å². The fraction of sp³-hybridized carbons (Fsp3) is 0.0556. The molecule has 1 heterocycles. The molecule has 0 amide bonds. The van der Waals surface area contributed by atoms with Crippen LogP contribution in [0.1, 0.15) is 11.3 Å². The maximum Gasteiger partial charge on any atom is 0.432 e. The number of halogens is 4. The van der Waals surface area contributed by atoms with Gasteiger partial charge in [0.2, 0.25) is 0 Å². The van der Waals surface area contributed by atoms with Gasteiger partial charge in [-0.05, 0) is 29.8 Å². The van der Waals surface area contributed by atoms with Crippen molar-refractivity contribution in [3.8, 4) is 28.5 Å². The average molecular weight is 392 g/mol. The Balaban J connectivity index is 2.34. The number of rotatable bonds is 3. The van der Waals surface area contributed by atoms with Gasteiger partial charge in [-0.1, -0.05) is 35.9 Å². The molecule has 0 saturated carbocycles. The van der Waals surface area contributed by atoms with Crippen LogP contribution in [-0.4, -0.2) is 9.91 Å². The molecule has 1 N–H and O–H groups in total. The van der Waals surface area contributed by atoms with Gasteiger partial charge in [-0.2, -0.15) is 18.4 Å². The first-order valence-corrected chi connectivity index (χ1v) is 7.84. The lowest BCUT2D eigenvalue weighted by Crippen LogP contribution is -2.07. The fourth-order valence-corrected chi connectivity index (χ4v) is 2.83. The highest BCUT2D eigenvalue weighted by Gasteiger charge is 2.42. The van der Waals surface area contributed by atoms with Crippen molar-refractivity contribution in [2.24, 2.45) is 0 Å². The highest BCUT2D eigenvalue weighted by Crippen LogP contribution is 2.47. The molecule has 0 aliphatic heterocycles. The van der Waals surface area contributed by atoms with E-state index in [1.165, 1.54) is 48.5 Å². The Kier molecular flexibility index (Phi) is 4.64. The lowest BCUT2D eigenvalue weighted by Gasteiger charge is -2.07. The number of aromatic amines is 1. The molecule has 0 fully saturated rings. The van der Waals surface area contributed by atoms with Gasteiger partial charge in [0, 0.05) is 10.6 Å². The van der Waals surface area contributed by atoms with Crippen LogP contribution < -0.4 is 0 Å². The summed E-state index contributed by atoms with van der Waals surface area (Å²) in [4.78, 5) is 13.0. The van der Waals surface area contributed by atoms with Crippen LogP contribution >= 0.6 is 11.6 Å². The molecule has 0 radical (unpaired) electrons. The second-order valence-electron chi connectivity index (χ2n) is 5.55. The third kappa shape index (κ3) is 3.50. The summed E-state index contributed by atoms with van der Waals surface area (Å²) < 4.78 is 40.8. The summed E-state index contributed by atoms with van der Waals surface area (Å²) in [5.41, 5.74) is -2.40. The van der Waals surface area contributed by atoms with E-state index in [1.807, 2.05) is 6.07 Å². The zero-order valence-electron chi connectivity index (χ0n) is 13.3. The normalized spacial score (nSPS) is 11.2. The van der Waals surface area contributed by atoms with Gasteiger partial charge in [0.05, 0.1) is 22.1 Å². The number of nitrogens with zero attached hydrogens (tertiary/aromatic N) is 2. The van der Waals surface area contributed by atoms with Crippen LogP contribution in [0, 0.1) is 21.4 Å². The Labute approximate surface area is 155 Å². The van der Waals surface area contributed by atoms with E-state index in [0.717, 1.165) is 0 Å². The minimum absolute atomic E-state index is 0.0236. The third-order valence-electron chi connectivity index (χ3n) is 3.88. The number of hydrogen-bond acceptors (Lipinski definition) is 3. The third-order valence-corrected chi connectivity index (χ3v) is 4.13. The van der Waals surface area contributed by atoms with Gasteiger partial charge in [-0.25, -0.2) is 0 Å². The number of hydrogen-bond donors (Lipinski definition) is 1. The summed E-state index contributed by atoms with van der Waals surface area (Å²) in [6.45, 7) is 0. The lowest BCUT2D eigenvalue weighted by molar-refractivity contribution is -0.383. The number of H-pyrrole nitrogens is 1. The maximum atomic E-state index is 13.6. The zero-order chi connectivity index (χ0) is 19.8. The topological polar surface area (TPSA) is 82.7 Å². The molecule has 0 bridgehead atoms. The number of benzene rings is 2. The van der Waals surface area contributed by atoms with Gasteiger partial charge in [0.25, 0.3) is 0 Å². The predicted molar refractivity (Wildman–Crippen MR) is 93.0 cm³/mol. The van der Waals surface area contributed by atoms with Crippen molar-refractivity contribution in [1.82, 2.24) is 4.98 Å². The summed E-state index contributed by atoms with van der Waals surface area (Å²) in [6, 6.07) is 12.6. The summed E-state index contributed by atoms with van der Waals surface area (Å²) >= 11 is 5.78. The Morgan fingerprint density at radius 2 is 1.59 bits per heavy atom. The molecule has 9 heteroatoms. The molecule has 0 spiro atoms. The van der Waals surface area contributed by atoms with E-state index < -0.39 is 28.0 Å². The first-order chi connectivity index (χ1) is 12.7. The Morgan fingerprint density at radius 1 is 1.04 bits per heavy atom. The van der Waals surface area contributed by atoms with Gasteiger partial charge < -0.3 is 4.98 Å². The molecule has 0 unspecified atom stereocenters. The van der Waals surface area contributed by atoms with Crippen molar-refractivity contribution in [2.45, 2.75) is 6.18 Å². The van der Waals surface area contributed by atoms with Crippen LogP contribution in [0.3, 0.4) is 0 Å². The van der Waals surface area contributed by atoms with E-state index in [0.29, 0.717) is 5.02 Å². The van der Waals surface area contributed by atoms with E-state index in [4.69, 9.17) is 16.9 Å². The molecule has 5 nitrogen and oxygen atoms in total. The predicted octanol–water partition coefficient (Wildman–Crippen LogP) is 5.80. The monoisotopic (exact) mass is 391 g/mol. The van der Waals surface area contributed by atoms with Crippen molar-refractivity contribution >= 4 is 17.3 Å². The molecule has 0 saturated heterocycles. The summed E-state index contributed by atoms with van der Waals surface area (Å²) in [5.74, 6) is 0. The first-order valence-electron chi connectivity index (χ1n) is 7.46. The SMILES string of the molecule is N#Cc1ccc(-c2c(C(F)(F)F)[nH]c(-c3ccc(Cl)cc3)c2[N+](=O)[O-])cc1. The van der Waals surface area contributed by atoms with Crippen LogP contribution in [0.4, 0.5) is 18.9 Å². The van der Waals surface area contributed by atoms with Crippen molar-refractivity contribution in [2.75, 3.05) is 0 Å². The van der Waals surface area contributed by atoms with Gasteiger partial charge >= 0.3 is 11.9 Å². The van der Waals surface area contributed by atoms with Gasteiger partial charge in [-0.15, -0.1) is 0 Å². The largest absolute Gasteiger partial charge is 0.432 e. The Morgan fingerprint density at radius 3 is 2.07 bits per heavy atom. The van der Waals surface area contributed by atoms with E-state index in [1.54, 1.807) is 0 Å². The Hall–Kier alpha value is -3.31. The van der Waals surface area contributed by atoms with Crippen molar-refractivity contribution in [1.29, 1.82) is 5.26 Å². The van der Waals surface area contributed by atoms with Gasteiger partial charge in [-0.3, -0.25) is 10.1 Å². The van der Waals surface area contributed by atoms with Gasteiger partial charge in [0.1, 0.15) is 11.4 Å². The number of nitrogens with one attached hydrogen (secondary N) is 1. The quantitative estimate of drug-likeness (QED) is 0.452. The number of nitro groups is 1. The van der Waals surface area contributed by atoms with Crippen molar-refractivity contribution in [3.63, 3.8) is 0 Å².